The van der Waals surface area contributed by atoms with E-state index in [4.69, 9.17) is 16.3 Å². The van der Waals surface area contributed by atoms with Gasteiger partial charge < -0.3 is 25.6 Å². The van der Waals surface area contributed by atoms with Gasteiger partial charge in [0.2, 0.25) is 0 Å². The number of urea groups is 1. The van der Waals surface area contributed by atoms with E-state index in [1.165, 1.54) is 0 Å². The highest BCUT2D eigenvalue weighted by atomic mass is 35.5. The van der Waals surface area contributed by atoms with Gasteiger partial charge in [0.05, 0.1) is 5.56 Å². The Balaban J connectivity index is 1.71. The number of hydrogen-bond donors (Lipinski definition) is 3. The number of nitrogens with zero attached hydrogens (tertiary/aromatic N) is 1. The standard InChI is InChI=1S/C25H33ClN4O3/c1-3-33-16-4-13-27-24(31)22-17-21(9-10-23(22)30-14-11-18(2)12-15-30)29-25(32)28-20-7-5-19(26)6-8-20/h5-10,17-18H,3-4,11-16H2,1-2H3,(H,27,31)(H2,28,29,32). The van der Waals surface area contributed by atoms with Gasteiger partial charge in [0.15, 0.2) is 0 Å². The molecule has 0 bridgehead atoms. The Morgan fingerprint density at radius 1 is 1.06 bits per heavy atom. The van der Waals surface area contributed by atoms with Gasteiger partial charge in [-0.3, -0.25) is 4.79 Å². The molecule has 2 aromatic rings. The second-order valence-corrected chi connectivity index (χ2v) is 8.73. The van der Waals surface area contributed by atoms with Crippen LogP contribution in [0.25, 0.3) is 0 Å². The highest BCUT2D eigenvalue weighted by molar-refractivity contribution is 6.30. The number of piperidine rings is 1. The molecule has 0 spiro atoms. The molecule has 0 aliphatic carbocycles. The van der Waals surface area contributed by atoms with Crippen molar-refractivity contribution in [3.63, 3.8) is 0 Å². The van der Waals surface area contributed by atoms with Crippen LogP contribution >= 0.6 is 11.6 Å². The van der Waals surface area contributed by atoms with E-state index >= 15 is 0 Å². The highest BCUT2D eigenvalue weighted by Crippen LogP contribution is 2.29. The first-order valence-corrected chi connectivity index (χ1v) is 11.9. The molecule has 0 atom stereocenters. The van der Waals surface area contributed by atoms with Gasteiger partial charge in [-0.05, 0) is 74.6 Å². The lowest BCUT2D eigenvalue weighted by atomic mass is 9.98. The number of benzene rings is 2. The van der Waals surface area contributed by atoms with Crippen LogP contribution in [0.15, 0.2) is 42.5 Å². The number of ether oxygens (including phenoxy) is 1. The zero-order valence-corrected chi connectivity index (χ0v) is 20.1. The van der Waals surface area contributed by atoms with Crippen molar-refractivity contribution >= 4 is 40.6 Å². The minimum atomic E-state index is -0.389. The van der Waals surface area contributed by atoms with Crippen molar-refractivity contribution in [3.8, 4) is 0 Å². The van der Waals surface area contributed by atoms with Crippen LogP contribution in [0, 0.1) is 5.92 Å². The van der Waals surface area contributed by atoms with Gasteiger partial charge in [-0.15, -0.1) is 0 Å². The molecule has 0 unspecified atom stereocenters. The summed E-state index contributed by atoms with van der Waals surface area (Å²) in [5.74, 6) is 0.538. The van der Waals surface area contributed by atoms with Gasteiger partial charge >= 0.3 is 6.03 Å². The van der Waals surface area contributed by atoms with E-state index in [-0.39, 0.29) is 11.9 Å². The molecule has 1 fully saturated rings. The SMILES string of the molecule is CCOCCCNC(=O)c1cc(NC(=O)Nc2ccc(Cl)cc2)ccc1N1CCC(C)CC1. The Bertz CT molecular complexity index is 928. The fourth-order valence-electron chi connectivity index (χ4n) is 3.76. The number of carbonyl (C=O) groups is 2. The van der Waals surface area contributed by atoms with E-state index < -0.39 is 0 Å². The molecule has 1 aliphatic heterocycles. The lowest BCUT2D eigenvalue weighted by Crippen LogP contribution is -2.35. The van der Waals surface area contributed by atoms with Crippen molar-refractivity contribution in [2.75, 3.05) is 48.4 Å². The molecule has 178 valence electrons. The van der Waals surface area contributed by atoms with Gasteiger partial charge in [-0.25, -0.2) is 4.79 Å². The first-order chi connectivity index (χ1) is 16.0. The maximum atomic E-state index is 13.0. The summed E-state index contributed by atoms with van der Waals surface area (Å²) < 4.78 is 5.35. The number of halogens is 1. The monoisotopic (exact) mass is 472 g/mol. The third-order valence-corrected chi connectivity index (χ3v) is 5.93. The van der Waals surface area contributed by atoms with Crippen LogP contribution in [0.3, 0.4) is 0 Å². The number of anilines is 3. The van der Waals surface area contributed by atoms with Crippen molar-refractivity contribution in [1.29, 1.82) is 0 Å². The Morgan fingerprint density at radius 2 is 1.73 bits per heavy atom. The third kappa shape index (κ3) is 7.65. The molecule has 1 saturated heterocycles. The van der Waals surface area contributed by atoms with Gasteiger partial charge in [0.1, 0.15) is 0 Å². The summed E-state index contributed by atoms with van der Waals surface area (Å²) in [6, 6.07) is 12.0. The quantitative estimate of drug-likeness (QED) is 0.428. The second kappa shape index (κ2) is 12.5. The molecule has 1 aliphatic rings. The number of carbonyl (C=O) groups excluding carboxylic acids is 2. The summed E-state index contributed by atoms with van der Waals surface area (Å²) in [6.45, 7) is 7.84. The molecule has 0 saturated carbocycles. The topological polar surface area (TPSA) is 82.7 Å². The molecular weight excluding hydrogens is 440 g/mol. The summed E-state index contributed by atoms with van der Waals surface area (Å²) in [5.41, 5.74) is 2.64. The molecule has 3 N–H and O–H groups in total. The average molecular weight is 473 g/mol. The van der Waals surface area contributed by atoms with E-state index in [9.17, 15) is 9.59 Å². The van der Waals surface area contributed by atoms with Crippen LogP contribution < -0.4 is 20.9 Å². The molecular formula is C25H33ClN4O3. The van der Waals surface area contributed by atoms with E-state index in [0.717, 1.165) is 38.0 Å². The minimum Gasteiger partial charge on any atom is -0.382 e. The van der Waals surface area contributed by atoms with Crippen LogP contribution in [-0.2, 0) is 4.74 Å². The molecule has 1 heterocycles. The zero-order valence-electron chi connectivity index (χ0n) is 19.3. The Morgan fingerprint density at radius 3 is 2.42 bits per heavy atom. The molecule has 3 rings (SSSR count). The van der Waals surface area contributed by atoms with Crippen molar-refractivity contribution in [2.24, 2.45) is 5.92 Å². The van der Waals surface area contributed by atoms with Gasteiger partial charge in [-0.1, -0.05) is 18.5 Å². The van der Waals surface area contributed by atoms with Gasteiger partial charge in [0, 0.05) is 54.9 Å². The zero-order chi connectivity index (χ0) is 23.6. The second-order valence-electron chi connectivity index (χ2n) is 8.29. The Kier molecular flexibility index (Phi) is 9.39. The van der Waals surface area contributed by atoms with Crippen LogP contribution in [0.2, 0.25) is 5.02 Å². The lowest BCUT2D eigenvalue weighted by molar-refractivity contribution is 0.0944. The number of hydrogen-bond acceptors (Lipinski definition) is 4. The molecule has 0 radical (unpaired) electrons. The van der Waals surface area contributed by atoms with Crippen LogP contribution in [0.4, 0.5) is 21.9 Å². The van der Waals surface area contributed by atoms with Gasteiger partial charge in [0.25, 0.3) is 5.91 Å². The fraction of sp³-hybridized carbons (Fsp3) is 0.440. The summed E-state index contributed by atoms with van der Waals surface area (Å²) in [7, 11) is 0. The van der Waals surface area contributed by atoms with Gasteiger partial charge in [-0.2, -0.15) is 0 Å². The highest BCUT2D eigenvalue weighted by Gasteiger charge is 2.22. The summed E-state index contributed by atoms with van der Waals surface area (Å²) >= 11 is 5.90. The van der Waals surface area contributed by atoms with E-state index in [1.54, 1.807) is 30.3 Å². The maximum Gasteiger partial charge on any atom is 0.323 e. The predicted octanol–water partition coefficient (Wildman–Crippen LogP) is 5.38. The lowest BCUT2D eigenvalue weighted by Gasteiger charge is -2.33. The number of amides is 3. The molecule has 2 aromatic carbocycles. The molecule has 3 amide bonds. The largest absolute Gasteiger partial charge is 0.382 e. The van der Waals surface area contributed by atoms with Crippen LogP contribution in [-0.4, -0.2) is 44.8 Å². The molecule has 0 aromatic heterocycles. The molecule has 7 nitrogen and oxygen atoms in total. The average Bonchev–Trinajstić information content (AvgIpc) is 2.81. The maximum absolute atomic E-state index is 13.0. The number of nitrogens with one attached hydrogen (secondary N) is 3. The molecule has 8 heteroatoms. The minimum absolute atomic E-state index is 0.151. The summed E-state index contributed by atoms with van der Waals surface area (Å²) in [4.78, 5) is 27.8. The first-order valence-electron chi connectivity index (χ1n) is 11.5. The van der Waals surface area contributed by atoms with Crippen LogP contribution in [0.1, 0.15) is 43.5 Å². The van der Waals surface area contributed by atoms with E-state index in [0.29, 0.717) is 47.6 Å². The van der Waals surface area contributed by atoms with E-state index in [2.05, 4.69) is 27.8 Å². The van der Waals surface area contributed by atoms with Crippen molar-refractivity contribution in [2.45, 2.75) is 33.1 Å². The van der Waals surface area contributed by atoms with Crippen molar-refractivity contribution in [3.05, 3.63) is 53.1 Å². The first kappa shape index (κ1) is 24.9. The Labute approximate surface area is 200 Å². The normalized spacial score (nSPS) is 14.1. The summed E-state index contributed by atoms with van der Waals surface area (Å²) in [6.07, 6.45) is 2.94. The third-order valence-electron chi connectivity index (χ3n) is 5.68. The molecule has 33 heavy (non-hydrogen) atoms. The smallest absolute Gasteiger partial charge is 0.323 e. The number of rotatable bonds is 9. The predicted molar refractivity (Wildman–Crippen MR) is 135 cm³/mol. The fourth-order valence-corrected chi connectivity index (χ4v) is 3.89. The van der Waals surface area contributed by atoms with Crippen molar-refractivity contribution in [1.82, 2.24) is 5.32 Å². The van der Waals surface area contributed by atoms with E-state index in [1.807, 2.05) is 19.1 Å². The van der Waals surface area contributed by atoms with Crippen molar-refractivity contribution < 1.29 is 14.3 Å². The summed E-state index contributed by atoms with van der Waals surface area (Å²) in [5, 5.41) is 9.17. The Hall–Kier alpha value is -2.77. The van der Waals surface area contributed by atoms with Crippen LogP contribution in [0.5, 0.6) is 0 Å².